The predicted octanol–water partition coefficient (Wildman–Crippen LogP) is 3.54. The van der Waals surface area contributed by atoms with Gasteiger partial charge >= 0.3 is 0 Å². The second-order valence-electron chi connectivity index (χ2n) is 6.81. The molecule has 25 heavy (non-hydrogen) atoms. The van der Waals surface area contributed by atoms with Crippen LogP contribution in [0, 0.1) is 20.8 Å². The maximum absolute atomic E-state index is 9.45. The van der Waals surface area contributed by atoms with E-state index >= 15 is 0 Å². The van der Waals surface area contributed by atoms with E-state index in [9.17, 15) is 5.11 Å². The van der Waals surface area contributed by atoms with E-state index in [0.717, 1.165) is 44.9 Å². The Balaban J connectivity index is 2.00. The molecule has 0 saturated heterocycles. The van der Waals surface area contributed by atoms with Crippen LogP contribution in [0.5, 0.6) is 0 Å². The molecular formula is C20H22N4O. The van der Waals surface area contributed by atoms with Crippen LogP contribution in [-0.4, -0.2) is 24.2 Å². The number of nitrogens with zero attached hydrogens (tertiary/aromatic N) is 4. The number of aromatic nitrogens is 4. The first kappa shape index (κ1) is 15.8. The van der Waals surface area contributed by atoms with Gasteiger partial charge in [0.05, 0.1) is 28.7 Å². The highest BCUT2D eigenvalue weighted by atomic mass is 16.3. The van der Waals surface area contributed by atoms with E-state index in [1.165, 1.54) is 11.1 Å². The number of aliphatic hydroxyl groups excluding tert-OH is 1. The van der Waals surface area contributed by atoms with Gasteiger partial charge in [-0.3, -0.25) is 0 Å². The molecule has 0 aliphatic rings. The van der Waals surface area contributed by atoms with Gasteiger partial charge < -0.3 is 14.2 Å². The van der Waals surface area contributed by atoms with Gasteiger partial charge in [0.1, 0.15) is 11.6 Å². The third-order valence-corrected chi connectivity index (χ3v) is 5.04. The highest BCUT2D eigenvalue weighted by molar-refractivity contribution is 5.88. The second kappa shape index (κ2) is 5.43. The van der Waals surface area contributed by atoms with Crippen molar-refractivity contribution in [3.05, 3.63) is 46.8 Å². The predicted molar refractivity (Wildman–Crippen MR) is 101 cm³/mol. The van der Waals surface area contributed by atoms with Crippen molar-refractivity contribution in [2.75, 3.05) is 0 Å². The van der Waals surface area contributed by atoms with E-state index in [4.69, 9.17) is 4.98 Å². The molecule has 0 saturated carbocycles. The van der Waals surface area contributed by atoms with Crippen molar-refractivity contribution in [3.63, 3.8) is 0 Å². The molecule has 1 N–H and O–H groups in total. The summed E-state index contributed by atoms with van der Waals surface area (Å²) in [5, 5.41) is 9.45. The third kappa shape index (κ3) is 2.27. The Hall–Kier alpha value is -2.66. The van der Waals surface area contributed by atoms with Gasteiger partial charge in [0.15, 0.2) is 0 Å². The summed E-state index contributed by atoms with van der Waals surface area (Å²) in [6.45, 7) is 6.23. The summed E-state index contributed by atoms with van der Waals surface area (Å²) in [5.74, 6) is 1.92. The number of aliphatic hydroxyl groups is 1. The lowest BCUT2D eigenvalue weighted by Gasteiger charge is -2.07. The Morgan fingerprint density at radius 2 is 1.48 bits per heavy atom. The maximum atomic E-state index is 9.45. The number of hydrogen-bond acceptors (Lipinski definition) is 3. The van der Waals surface area contributed by atoms with Crippen LogP contribution in [0.3, 0.4) is 0 Å². The molecule has 0 unspecified atom stereocenters. The first-order chi connectivity index (χ1) is 11.9. The van der Waals surface area contributed by atoms with Crippen molar-refractivity contribution in [2.24, 2.45) is 14.1 Å². The fourth-order valence-electron chi connectivity index (χ4n) is 3.82. The van der Waals surface area contributed by atoms with Crippen LogP contribution < -0.4 is 0 Å². The smallest absolute Gasteiger partial charge is 0.140 e. The van der Waals surface area contributed by atoms with Gasteiger partial charge in [0.2, 0.25) is 0 Å². The molecule has 0 aliphatic carbocycles. The Morgan fingerprint density at radius 1 is 0.840 bits per heavy atom. The van der Waals surface area contributed by atoms with Crippen LogP contribution in [-0.2, 0) is 20.7 Å². The van der Waals surface area contributed by atoms with Crippen LogP contribution in [0.1, 0.15) is 22.5 Å². The maximum Gasteiger partial charge on any atom is 0.140 e. The van der Waals surface area contributed by atoms with Crippen molar-refractivity contribution in [2.45, 2.75) is 27.4 Å². The molecule has 2 aromatic carbocycles. The summed E-state index contributed by atoms with van der Waals surface area (Å²) in [6, 6.07) is 8.26. The molecular weight excluding hydrogens is 312 g/mol. The van der Waals surface area contributed by atoms with Gasteiger partial charge in [-0.15, -0.1) is 0 Å². The summed E-state index contributed by atoms with van der Waals surface area (Å²) in [7, 11) is 4.09. The minimum Gasteiger partial charge on any atom is -0.392 e. The Morgan fingerprint density at radius 3 is 2.20 bits per heavy atom. The molecule has 0 atom stereocenters. The fourth-order valence-corrected chi connectivity index (χ4v) is 3.82. The molecule has 0 bridgehead atoms. The Kier molecular flexibility index (Phi) is 3.44. The van der Waals surface area contributed by atoms with Crippen molar-refractivity contribution in [1.29, 1.82) is 0 Å². The zero-order chi connectivity index (χ0) is 17.9. The lowest BCUT2D eigenvalue weighted by molar-refractivity contribution is 0.282. The Bertz CT molecular complexity index is 1130. The molecule has 5 heteroatoms. The van der Waals surface area contributed by atoms with E-state index in [-0.39, 0.29) is 6.61 Å². The quantitative estimate of drug-likeness (QED) is 0.610. The van der Waals surface area contributed by atoms with Crippen molar-refractivity contribution in [1.82, 2.24) is 19.1 Å². The number of hydrogen-bond donors (Lipinski definition) is 1. The van der Waals surface area contributed by atoms with E-state index < -0.39 is 0 Å². The standard InChI is InChI=1S/C20H22N4O/c1-11-6-14(10-25)8-16-19(11)24(5)20(22-16)15-7-12(2)18-17(9-15)21-13(3)23(18)4/h6-9,25H,10H2,1-5H3. The van der Waals surface area contributed by atoms with Gasteiger partial charge in [0, 0.05) is 19.7 Å². The van der Waals surface area contributed by atoms with Crippen molar-refractivity contribution >= 4 is 22.1 Å². The monoisotopic (exact) mass is 334 g/mol. The molecule has 2 heterocycles. The lowest BCUT2D eigenvalue weighted by Crippen LogP contribution is -1.96. The van der Waals surface area contributed by atoms with Gasteiger partial charge in [-0.2, -0.15) is 0 Å². The first-order valence-electron chi connectivity index (χ1n) is 8.41. The molecule has 2 aromatic heterocycles. The number of benzene rings is 2. The number of fused-ring (bicyclic) bond motifs is 2. The minimum absolute atomic E-state index is 0.0287. The molecule has 5 nitrogen and oxygen atoms in total. The first-order valence-corrected chi connectivity index (χ1v) is 8.41. The largest absolute Gasteiger partial charge is 0.392 e. The SMILES string of the molecule is Cc1cc(-c2nc3cc(CO)cc(C)c3n2C)cc2nc(C)n(C)c12. The zero-order valence-electron chi connectivity index (χ0n) is 15.3. The van der Waals surface area contributed by atoms with Gasteiger partial charge in [-0.05, 0) is 55.7 Å². The number of aryl methyl sites for hydroxylation is 5. The highest BCUT2D eigenvalue weighted by Crippen LogP contribution is 2.30. The number of imidazole rings is 2. The molecule has 4 rings (SSSR count). The van der Waals surface area contributed by atoms with Crippen molar-refractivity contribution < 1.29 is 5.11 Å². The molecule has 128 valence electrons. The molecule has 0 fully saturated rings. The van der Waals surface area contributed by atoms with Gasteiger partial charge in [0.25, 0.3) is 0 Å². The summed E-state index contributed by atoms with van der Waals surface area (Å²) in [4.78, 5) is 9.53. The summed E-state index contributed by atoms with van der Waals surface area (Å²) >= 11 is 0. The third-order valence-electron chi connectivity index (χ3n) is 5.04. The van der Waals surface area contributed by atoms with Crippen molar-refractivity contribution in [3.8, 4) is 11.4 Å². The molecule has 0 aliphatic heterocycles. The molecule has 0 radical (unpaired) electrons. The Labute approximate surface area is 146 Å². The minimum atomic E-state index is 0.0287. The molecule has 0 amide bonds. The zero-order valence-corrected chi connectivity index (χ0v) is 15.3. The van der Waals surface area contributed by atoms with Crippen LogP contribution in [0.4, 0.5) is 0 Å². The van der Waals surface area contributed by atoms with Gasteiger partial charge in [-0.25, -0.2) is 9.97 Å². The van der Waals surface area contributed by atoms with Crippen LogP contribution in [0.25, 0.3) is 33.5 Å². The summed E-state index contributed by atoms with van der Waals surface area (Å²) in [6.07, 6.45) is 0. The van der Waals surface area contributed by atoms with E-state index in [2.05, 4.69) is 40.1 Å². The summed E-state index contributed by atoms with van der Waals surface area (Å²) in [5.41, 5.74) is 8.44. The second-order valence-corrected chi connectivity index (χ2v) is 6.81. The average Bonchev–Trinajstić information content (AvgIpc) is 3.05. The molecule has 4 aromatic rings. The van der Waals surface area contributed by atoms with Crippen LogP contribution in [0.15, 0.2) is 24.3 Å². The number of rotatable bonds is 2. The van der Waals surface area contributed by atoms with E-state index in [1.807, 2.05) is 33.2 Å². The topological polar surface area (TPSA) is 55.9 Å². The lowest BCUT2D eigenvalue weighted by atomic mass is 10.1. The highest BCUT2D eigenvalue weighted by Gasteiger charge is 2.16. The van der Waals surface area contributed by atoms with E-state index in [0.29, 0.717) is 0 Å². The van der Waals surface area contributed by atoms with E-state index in [1.54, 1.807) is 0 Å². The van der Waals surface area contributed by atoms with Gasteiger partial charge in [-0.1, -0.05) is 6.07 Å². The molecule has 0 spiro atoms. The summed E-state index contributed by atoms with van der Waals surface area (Å²) < 4.78 is 4.25. The van der Waals surface area contributed by atoms with Crippen LogP contribution >= 0.6 is 0 Å². The fraction of sp³-hybridized carbons (Fsp3) is 0.300. The normalized spacial score (nSPS) is 11.8. The van der Waals surface area contributed by atoms with Crippen LogP contribution in [0.2, 0.25) is 0 Å². The average molecular weight is 334 g/mol.